The molecule has 2 fully saturated rings. The molecular weight excluding hydrogens is 582 g/mol. The molecule has 12 heteroatoms. The third kappa shape index (κ3) is 9.40. The number of urea groups is 1. The summed E-state index contributed by atoms with van der Waals surface area (Å²) in [6, 6.07) is -3.51. The first-order valence-corrected chi connectivity index (χ1v) is 17.1. The predicted octanol–water partition coefficient (Wildman–Crippen LogP) is 2.32. The van der Waals surface area contributed by atoms with Crippen LogP contribution in [0.3, 0.4) is 0 Å². The van der Waals surface area contributed by atoms with Gasteiger partial charge < -0.3 is 26.2 Å². The first-order valence-electron chi connectivity index (χ1n) is 15.7. The molecule has 6 atom stereocenters. The van der Waals surface area contributed by atoms with Gasteiger partial charge in [-0.3, -0.25) is 23.4 Å². The number of rotatable bonds is 15. The number of likely N-dealkylation sites (tertiary alicyclic amines) is 1. The molecule has 0 aromatic rings. The fourth-order valence-corrected chi connectivity index (χ4v) is 8.15. The molecule has 44 heavy (non-hydrogen) atoms. The average molecular weight is 634 g/mol. The van der Waals surface area contributed by atoms with Gasteiger partial charge in [0, 0.05) is 36.1 Å². The molecule has 5 amide bonds. The van der Waals surface area contributed by atoms with Gasteiger partial charge in [0.05, 0.1) is 16.8 Å². The highest BCUT2D eigenvalue weighted by molar-refractivity contribution is 7.86. The number of ketones is 1. The van der Waals surface area contributed by atoms with Gasteiger partial charge >= 0.3 is 6.03 Å². The van der Waals surface area contributed by atoms with Gasteiger partial charge in [0.25, 0.3) is 5.91 Å². The van der Waals surface area contributed by atoms with E-state index in [-0.39, 0.29) is 24.6 Å². The Bertz CT molecular complexity index is 1140. The molecule has 0 radical (unpaired) electrons. The van der Waals surface area contributed by atoms with Crippen molar-refractivity contribution in [3.8, 4) is 12.3 Å². The van der Waals surface area contributed by atoms with Crippen LogP contribution < -0.4 is 21.3 Å². The summed E-state index contributed by atoms with van der Waals surface area (Å²) in [7, 11) is -1.04. The zero-order valence-corrected chi connectivity index (χ0v) is 27.8. The highest BCUT2D eigenvalue weighted by Crippen LogP contribution is 2.33. The number of nitrogens with one attached hydrogen (secondary N) is 4. The molecule has 2 heterocycles. The Morgan fingerprint density at radius 3 is 2.36 bits per heavy atom. The number of terminal acetylenes is 1. The van der Waals surface area contributed by atoms with Gasteiger partial charge in [-0.05, 0) is 50.4 Å². The van der Waals surface area contributed by atoms with Crippen molar-refractivity contribution in [1.29, 1.82) is 0 Å². The van der Waals surface area contributed by atoms with Crippen LogP contribution in [0.1, 0.15) is 92.4 Å². The number of Topliss-reactive ketones (excluding diaryl/α,β-unsaturated/α-hetero) is 1. The second kappa shape index (κ2) is 16.8. The maximum Gasteiger partial charge on any atom is 0.315 e. The summed E-state index contributed by atoms with van der Waals surface area (Å²) in [5.41, 5.74) is -1.36. The number of hydrogen-bond donors (Lipinski definition) is 4. The minimum absolute atomic E-state index is 0.0678. The molecule has 0 saturated carbocycles. The smallest absolute Gasteiger partial charge is 0.315 e. The minimum atomic E-state index is -1.15. The molecular formula is C32H51N5O6S. The molecule has 2 rings (SSSR count). The van der Waals surface area contributed by atoms with Crippen molar-refractivity contribution in [2.45, 2.75) is 121 Å². The van der Waals surface area contributed by atoms with E-state index in [2.05, 4.69) is 33.8 Å². The summed E-state index contributed by atoms with van der Waals surface area (Å²) in [4.78, 5) is 67.6. The number of carbonyl (C=O) groups excluding carboxylic acids is 5. The molecule has 2 aliphatic heterocycles. The molecule has 11 nitrogen and oxygen atoms in total. The van der Waals surface area contributed by atoms with E-state index in [4.69, 9.17) is 6.42 Å². The van der Waals surface area contributed by atoms with Crippen LogP contribution in [-0.4, -0.2) is 86.4 Å². The van der Waals surface area contributed by atoms with Crippen molar-refractivity contribution in [2.75, 3.05) is 18.8 Å². The van der Waals surface area contributed by atoms with E-state index < -0.39 is 69.4 Å². The molecule has 0 aromatic carbocycles. The number of amides is 5. The van der Waals surface area contributed by atoms with E-state index in [0.29, 0.717) is 38.0 Å². The average Bonchev–Trinajstić information content (AvgIpc) is 3.65. The molecule has 2 saturated heterocycles. The van der Waals surface area contributed by atoms with Crippen molar-refractivity contribution in [3.05, 3.63) is 12.7 Å². The molecule has 0 spiro atoms. The molecule has 4 N–H and O–H groups in total. The van der Waals surface area contributed by atoms with Crippen LogP contribution in [0.2, 0.25) is 0 Å². The van der Waals surface area contributed by atoms with E-state index in [0.717, 1.165) is 19.3 Å². The molecule has 246 valence electrons. The van der Waals surface area contributed by atoms with Gasteiger partial charge in [-0.2, -0.15) is 0 Å². The Morgan fingerprint density at radius 2 is 1.82 bits per heavy atom. The topological polar surface area (TPSA) is 154 Å². The van der Waals surface area contributed by atoms with Crippen molar-refractivity contribution in [1.82, 2.24) is 26.2 Å². The van der Waals surface area contributed by atoms with Crippen molar-refractivity contribution >= 4 is 40.3 Å². The summed E-state index contributed by atoms with van der Waals surface area (Å²) in [6.45, 7) is 13.4. The summed E-state index contributed by atoms with van der Waals surface area (Å²) < 4.78 is 12.8. The predicted molar refractivity (Wildman–Crippen MR) is 172 cm³/mol. The normalized spacial score (nSPS) is 22.5. The van der Waals surface area contributed by atoms with Gasteiger partial charge in [0.1, 0.15) is 12.1 Å². The lowest BCUT2D eigenvalue weighted by atomic mass is 9.84. The monoisotopic (exact) mass is 633 g/mol. The van der Waals surface area contributed by atoms with Crippen molar-refractivity contribution in [3.63, 3.8) is 0 Å². The zero-order valence-electron chi connectivity index (χ0n) is 27.0. The van der Waals surface area contributed by atoms with E-state index >= 15 is 0 Å². The van der Waals surface area contributed by atoms with Crippen molar-refractivity contribution < 1.29 is 28.2 Å². The van der Waals surface area contributed by atoms with Crippen LogP contribution in [0.4, 0.5) is 4.79 Å². The van der Waals surface area contributed by atoms with E-state index in [1.165, 1.54) is 11.0 Å². The van der Waals surface area contributed by atoms with E-state index in [1.807, 2.05) is 34.6 Å². The van der Waals surface area contributed by atoms with Crippen LogP contribution in [0.5, 0.6) is 0 Å². The number of carbonyl (C=O) groups is 5. The van der Waals surface area contributed by atoms with Gasteiger partial charge in [-0.1, -0.05) is 47.1 Å². The van der Waals surface area contributed by atoms with Crippen LogP contribution in [0.25, 0.3) is 0 Å². The fourth-order valence-electron chi connectivity index (χ4n) is 6.14. The van der Waals surface area contributed by atoms with Crippen LogP contribution in [0.15, 0.2) is 12.7 Å². The Morgan fingerprint density at radius 1 is 1.11 bits per heavy atom. The van der Waals surface area contributed by atoms with Gasteiger partial charge in [-0.15, -0.1) is 18.9 Å². The lowest BCUT2D eigenvalue weighted by molar-refractivity contribution is -0.143. The Kier molecular flexibility index (Phi) is 14.1. The van der Waals surface area contributed by atoms with Crippen molar-refractivity contribution in [2.24, 2.45) is 5.41 Å². The SMILES string of the molecule is C#CCCC(NC(=O)[C@@H]1CCCN1C(=O)C(NC(=O)NC(CC)(CCC)C1CCCS1=O)C(C)(C)C)C(=O)C(=O)NCC=C. The van der Waals surface area contributed by atoms with Gasteiger partial charge in [-0.25, -0.2) is 4.79 Å². The zero-order chi connectivity index (χ0) is 33.1. The van der Waals surface area contributed by atoms with Crippen LogP contribution in [-0.2, 0) is 30.0 Å². The quantitative estimate of drug-likeness (QED) is 0.123. The summed E-state index contributed by atoms with van der Waals surface area (Å²) >= 11 is 0. The third-order valence-electron chi connectivity index (χ3n) is 8.50. The maximum atomic E-state index is 14.0. The number of hydrogen-bond acceptors (Lipinski definition) is 6. The Labute approximate surface area is 264 Å². The fraction of sp³-hybridized carbons (Fsp3) is 0.719. The molecule has 2 aliphatic rings. The largest absolute Gasteiger partial charge is 0.346 e. The first kappa shape index (κ1) is 37.0. The third-order valence-corrected chi connectivity index (χ3v) is 10.5. The highest BCUT2D eigenvalue weighted by Gasteiger charge is 2.46. The Hall–Kier alpha value is -3.20. The summed E-state index contributed by atoms with van der Waals surface area (Å²) in [5.74, 6) is 0.385. The first-order chi connectivity index (χ1) is 20.8. The number of nitrogens with zero attached hydrogens (tertiary/aromatic N) is 1. The van der Waals surface area contributed by atoms with Crippen LogP contribution in [0, 0.1) is 17.8 Å². The lowest BCUT2D eigenvalue weighted by Gasteiger charge is -2.40. The van der Waals surface area contributed by atoms with Gasteiger partial charge in [0.15, 0.2) is 0 Å². The molecule has 5 unspecified atom stereocenters. The summed E-state index contributed by atoms with van der Waals surface area (Å²) in [6.07, 6.45) is 11.7. The second-order valence-corrected chi connectivity index (χ2v) is 14.5. The van der Waals surface area contributed by atoms with E-state index in [9.17, 15) is 28.2 Å². The highest BCUT2D eigenvalue weighted by atomic mass is 32.2. The van der Waals surface area contributed by atoms with Crippen LogP contribution >= 0.6 is 0 Å². The minimum Gasteiger partial charge on any atom is -0.346 e. The second-order valence-electron chi connectivity index (χ2n) is 12.7. The molecule has 0 aliphatic carbocycles. The van der Waals surface area contributed by atoms with Gasteiger partial charge in [0.2, 0.25) is 17.6 Å². The standard InChI is InChI=1S/C32H51N5O6S/c1-8-12-15-22(25(38)28(40)33-19-10-3)34-27(39)23-16-13-20-37(23)29(41)26(31(5,6)7)35-30(42)36-32(11-4,18-9-2)24-17-14-21-44(24)43/h1,10,22-24,26H,3,9,11-21H2,2,4-7H3,(H,33,40)(H,34,39)(H2,35,36,42)/t22?,23-,24?,26?,32?,44?/m0/s1. The Balaban J connectivity index is 2.24. The maximum absolute atomic E-state index is 14.0. The molecule has 0 aromatic heterocycles. The van der Waals surface area contributed by atoms with E-state index in [1.54, 1.807) is 0 Å². The lowest BCUT2D eigenvalue weighted by Crippen LogP contribution is -2.64. The summed E-state index contributed by atoms with van der Waals surface area (Å²) in [5, 5.41) is 10.9. The molecule has 0 bridgehead atoms.